The fourth-order valence-corrected chi connectivity index (χ4v) is 4.13. The summed E-state index contributed by atoms with van der Waals surface area (Å²) < 4.78 is 11.6. The van der Waals surface area contributed by atoms with Gasteiger partial charge in [-0.2, -0.15) is 0 Å². The van der Waals surface area contributed by atoms with E-state index in [-0.39, 0.29) is 6.29 Å². The molecule has 0 bridgehead atoms. The van der Waals surface area contributed by atoms with E-state index in [2.05, 4.69) is 23.5 Å². The number of thioether (sulfide) groups is 2. The summed E-state index contributed by atoms with van der Waals surface area (Å²) in [5, 5.41) is 0. The highest BCUT2D eigenvalue weighted by Crippen LogP contribution is 2.32. The summed E-state index contributed by atoms with van der Waals surface area (Å²) in [4.78, 5) is 0. The predicted molar refractivity (Wildman–Crippen MR) is 65.0 cm³/mol. The van der Waals surface area contributed by atoms with Gasteiger partial charge in [-0.15, -0.1) is 23.5 Å². The Morgan fingerprint density at radius 2 is 2.00 bits per heavy atom. The van der Waals surface area contributed by atoms with Crippen LogP contribution in [-0.2, 0) is 9.47 Å². The van der Waals surface area contributed by atoms with Gasteiger partial charge in [-0.1, -0.05) is 0 Å². The summed E-state index contributed by atoms with van der Waals surface area (Å²) in [6.07, 6.45) is 2.47. The maximum Gasteiger partial charge on any atom is 0.154 e. The van der Waals surface area contributed by atoms with Gasteiger partial charge in [0.1, 0.15) is 0 Å². The van der Waals surface area contributed by atoms with Gasteiger partial charge < -0.3 is 9.47 Å². The monoisotopic (exact) mass is 236 g/mol. The van der Waals surface area contributed by atoms with Crippen LogP contribution in [0.15, 0.2) is 0 Å². The summed E-state index contributed by atoms with van der Waals surface area (Å²) in [5.74, 6) is 2.64. The largest absolute Gasteiger partial charge is 0.353 e. The molecule has 1 heterocycles. The van der Waals surface area contributed by atoms with Crippen LogP contribution in [0, 0.1) is 0 Å². The molecule has 2 nitrogen and oxygen atoms in total. The highest BCUT2D eigenvalue weighted by Gasteiger charge is 2.14. The standard InChI is InChI=1S/C10H20O2S2/c1-3-11-9(2)12-6-5-10-13-7-4-8-14-10/h9-10H,3-8H2,1-2H3. The molecule has 0 N–H and O–H groups in total. The van der Waals surface area contributed by atoms with E-state index < -0.39 is 0 Å². The minimum absolute atomic E-state index is 0.0430. The lowest BCUT2D eigenvalue weighted by molar-refractivity contribution is -0.126. The van der Waals surface area contributed by atoms with Crippen molar-refractivity contribution in [2.45, 2.75) is 37.6 Å². The van der Waals surface area contributed by atoms with Crippen molar-refractivity contribution < 1.29 is 9.47 Å². The van der Waals surface area contributed by atoms with Gasteiger partial charge in [0.2, 0.25) is 0 Å². The molecule has 1 aliphatic heterocycles. The first-order valence-corrected chi connectivity index (χ1v) is 7.39. The van der Waals surface area contributed by atoms with Crippen LogP contribution in [0.5, 0.6) is 0 Å². The minimum atomic E-state index is -0.0430. The second kappa shape index (κ2) is 7.85. The molecule has 0 aromatic carbocycles. The molecule has 1 rings (SSSR count). The molecule has 0 spiro atoms. The fourth-order valence-electron chi connectivity index (χ4n) is 1.32. The number of ether oxygens (including phenoxy) is 2. The average molecular weight is 236 g/mol. The molecule has 0 aromatic rings. The van der Waals surface area contributed by atoms with Crippen LogP contribution >= 0.6 is 23.5 Å². The van der Waals surface area contributed by atoms with E-state index in [9.17, 15) is 0 Å². The highest BCUT2D eigenvalue weighted by molar-refractivity contribution is 8.17. The van der Waals surface area contributed by atoms with Gasteiger partial charge in [0.05, 0.1) is 11.2 Å². The van der Waals surface area contributed by atoms with E-state index in [1.165, 1.54) is 17.9 Å². The Bertz CT molecular complexity index is 138. The SMILES string of the molecule is CCOC(C)OCCC1SCCCS1. The van der Waals surface area contributed by atoms with Crippen LogP contribution in [0.4, 0.5) is 0 Å². The Hall–Kier alpha value is 0.620. The van der Waals surface area contributed by atoms with Crippen LogP contribution in [0.2, 0.25) is 0 Å². The summed E-state index contributed by atoms with van der Waals surface area (Å²) in [6, 6.07) is 0. The molecular formula is C10H20O2S2. The van der Waals surface area contributed by atoms with Gasteiger partial charge in [-0.05, 0) is 38.2 Å². The van der Waals surface area contributed by atoms with Gasteiger partial charge >= 0.3 is 0 Å². The normalized spacial score (nSPS) is 21.0. The van der Waals surface area contributed by atoms with Crippen LogP contribution in [0.25, 0.3) is 0 Å². The zero-order chi connectivity index (χ0) is 10.2. The lowest BCUT2D eigenvalue weighted by Gasteiger charge is -2.21. The molecule has 0 aliphatic carbocycles. The second-order valence-corrected chi connectivity index (χ2v) is 6.13. The zero-order valence-corrected chi connectivity index (χ0v) is 10.7. The van der Waals surface area contributed by atoms with Gasteiger partial charge in [-0.25, -0.2) is 0 Å². The van der Waals surface area contributed by atoms with Gasteiger partial charge in [0, 0.05) is 6.61 Å². The van der Waals surface area contributed by atoms with Crippen molar-refractivity contribution in [3.63, 3.8) is 0 Å². The van der Waals surface area contributed by atoms with E-state index in [1.807, 2.05) is 13.8 Å². The molecule has 14 heavy (non-hydrogen) atoms. The lowest BCUT2D eigenvalue weighted by Crippen LogP contribution is -2.16. The predicted octanol–water partition coefficient (Wildman–Crippen LogP) is 2.97. The Morgan fingerprint density at radius 1 is 1.29 bits per heavy atom. The molecule has 1 fully saturated rings. The van der Waals surface area contributed by atoms with E-state index in [4.69, 9.17) is 9.47 Å². The van der Waals surface area contributed by atoms with E-state index in [0.29, 0.717) is 0 Å². The van der Waals surface area contributed by atoms with Crippen molar-refractivity contribution >= 4 is 23.5 Å². The lowest BCUT2D eigenvalue weighted by atomic mass is 10.5. The first kappa shape index (κ1) is 12.7. The van der Waals surface area contributed by atoms with Gasteiger partial charge in [-0.3, -0.25) is 0 Å². The maximum atomic E-state index is 5.54. The van der Waals surface area contributed by atoms with Crippen molar-refractivity contribution in [1.82, 2.24) is 0 Å². The first-order chi connectivity index (χ1) is 6.83. The Balaban J connectivity index is 1.96. The molecular weight excluding hydrogens is 216 g/mol. The molecule has 1 atom stereocenters. The molecule has 0 amide bonds. The molecule has 0 radical (unpaired) electrons. The summed E-state index contributed by atoms with van der Waals surface area (Å²) >= 11 is 4.14. The van der Waals surface area contributed by atoms with Crippen molar-refractivity contribution in [3.05, 3.63) is 0 Å². The smallest absolute Gasteiger partial charge is 0.154 e. The Labute approximate surface area is 95.5 Å². The number of rotatable bonds is 6. The Morgan fingerprint density at radius 3 is 2.64 bits per heavy atom. The van der Waals surface area contributed by atoms with E-state index in [0.717, 1.165) is 24.2 Å². The first-order valence-electron chi connectivity index (χ1n) is 5.29. The molecule has 0 saturated carbocycles. The van der Waals surface area contributed by atoms with Crippen LogP contribution in [0.3, 0.4) is 0 Å². The van der Waals surface area contributed by atoms with Crippen molar-refractivity contribution in [1.29, 1.82) is 0 Å². The topological polar surface area (TPSA) is 18.5 Å². The minimum Gasteiger partial charge on any atom is -0.353 e. The second-order valence-electron chi connectivity index (χ2n) is 3.21. The van der Waals surface area contributed by atoms with Crippen molar-refractivity contribution in [3.8, 4) is 0 Å². The molecule has 0 aromatic heterocycles. The summed E-state index contributed by atoms with van der Waals surface area (Å²) in [6.45, 7) is 5.51. The molecule has 1 aliphatic rings. The van der Waals surface area contributed by atoms with E-state index >= 15 is 0 Å². The average Bonchev–Trinajstić information content (AvgIpc) is 2.20. The Kier molecular flexibility index (Phi) is 7.12. The quantitative estimate of drug-likeness (QED) is 0.660. The summed E-state index contributed by atoms with van der Waals surface area (Å²) in [5.41, 5.74) is 0. The molecule has 1 saturated heterocycles. The highest BCUT2D eigenvalue weighted by atomic mass is 32.2. The third-order valence-corrected chi connectivity index (χ3v) is 5.08. The number of hydrogen-bond donors (Lipinski definition) is 0. The third kappa shape index (κ3) is 5.49. The molecule has 4 heteroatoms. The number of hydrogen-bond acceptors (Lipinski definition) is 4. The fraction of sp³-hybridized carbons (Fsp3) is 1.00. The van der Waals surface area contributed by atoms with Gasteiger partial charge in [0.25, 0.3) is 0 Å². The summed E-state index contributed by atoms with van der Waals surface area (Å²) in [7, 11) is 0. The van der Waals surface area contributed by atoms with Gasteiger partial charge in [0.15, 0.2) is 6.29 Å². The maximum absolute atomic E-state index is 5.54. The van der Waals surface area contributed by atoms with Crippen molar-refractivity contribution in [2.24, 2.45) is 0 Å². The molecule has 1 unspecified atom stereocenters. The van der Waals surface area contributed by atoms with Crippen molar-refractivity contribution in [2.75, 3.05) is 24.7 Å². The molecule has 84 valence electrons. The van der Waals surface area contributed by atoms with E-state index in [1.54, 1.807) is 0 Å². The van der Waals surface area contributed by atoms with Crippen LogP contribution in [0.1, 0.15) is 26.7 Å². The van der Waals surface area contributed by atoms with Crippen LogP contribution in [-0.4, -0.2) is 35.6 Å². The zero-order valence-electron chi connectivity index (χ0n) is 9.03. The third-order valence-electron chi connectivity index (χ3n) is 2.00. The van der Waals surface area contributed by atoms with Crippen LogP contribution < -0.4 is 0 Å².